The minimum Gasteiger partial charge on any atom is -0.367 e. The Morgan fingerprint density at radius 3 is 0.839 bits per heavy atom. The van der Waals surface area contributed by atoms with Crippen molar-refractivity contribution in [2.75, 3.05) is 125 Å². The standard InChI is InChI=1S/C41H62F12N8O/c1-9-56(10-2)17-21-60(22-18-57(11-3)12-4)35-31(40(48,49)50)25-29(38(42,43)44)27-33(35)54-37(62)55-34-28-30(39(45,46)47)26-32(41(51,52)53)36(34)61(23-19-58(13-5)14-6)24-20-59(15-7)16-8/h25-28H,9-24H2,1-8H3,(H2,54,55,62). The second kappa shape index (κ2) is 23.8. The van der Waals surface area contributed by atoms with Gasteiger partial charge in [-0.1, -0.05) is 55.4 Å². The summed E-state index contributed by atoms with van der Waals surface area (Å²) in [5.74, 6) is 0. The molecule has 0 aromatic heterocycles. The van der Waals surface area contributed by atoms with Gasteiger partial charge in [-0.2, -0.15) is 52.7 Å². The molecule has 2 aromatic rings. The Hall–Kier alpha value is -3.69. The van der Waals surface area contributed by atoms with Crippen LogP contribution in [0.25, 0.3) is 0 Å². The van der Waals surface area contributed by atoms with E-state index in [4.69, 9.17) is 0 Å². The molecule has 2 aromatic carbocycles. The summed E-state index contributed by atoms with van der Waals surface area (Å²) in [7, 11) is 0. The quantitative estimate of drug-likeness (QED) is 0.102. The van der Waals surface area contributed by atoms with E-state index in [0.717, 1.165) is 0 Å². The highest BCUT2D eigenvalue weighted by Crippen LogP contribution is 2.47. The van der Waals surface area contributed by atoms with Crippen LogP contribution in [0.1, 0.15) is 77.6 Å². The summed E-state index contributed by atoms with van der Waals surface area (Å²) in [5.41, 5.74) is -10.8. The van der Waals surface area contributed by atoms with Crippen LogP contribution in [0.3, 0.4) is 0 Å². The Labute approximate surface area is 357 Å². The molecule has 0 unspecified atom stereocenters. The van der Waals surface area contributed by atoms with Crippen LogP contribution < -0.4 is 20.4 Å². The third-order valence-electron chi connectivity index (χ3n) is 10.9. The van der Waals surface area contributed by atoms with E-state index in [-0.39, 0.29) is 76.6 Å². The van der Waals surface area contributed by atoms with Crippen LogP contribution in [0.2, 0.25) is 0 Å². The van der Waals surface area contributed by atoms with Crippen LogP contribution in [0.4, 0.5) is 80.2 Å². The van der Waals surface area contributed by atoms with Crippen molar-refractivity contribution in [2.45, 2.75) is 80.1 Å². The molecule has 2 rings (SSSR count). The predicted octanol–water partition coefficient (Wildman–Crippen LogP) is 10.4. The van der Waals surface area contributed by atoms with Crippen molar-refractivity contribution in [1.29, 1.82) is 0 Å². The molecular weight excluding hydrogens is 848 g/mol. The lowest BCUT2D eigenvalue weighted by Crippen LogP contribution is -2.41. The molecule has 62 heavy (non-hydrogen) atoms. The molecule has 0 atom stereocenters. The Morgan fingerprint density at radius 1 is 0.403 bits per heavy atom. The fourth-order valence-electron chi connectivity index (χ4n) is 7.05. The summed E-state index contributed by atoms with van der Waals surface area (Å²) in [6.45, 7) is 18.3. The Morgan fingerprint density at radius 2 is 0.645 bits per heavy atom. The maximum Gasteiger partial charge on any atom is 0.418 e. The van der Waals surface area contributed by atoms with Gasteiger partial charge in [-0.25, -0.2) is 4.79 Å². The fraction of sp³-hybridized carbons (Fsp3) is 0.683. The average Bonchev–Trinajstić information content (AvgIpc) is 3.18. The summed E-state index contributed by atoms with van der Waals surface area (Å²) in [6.07, 6.45) is -21.6. The van der Waals surface area contributed by atoms with Crippen LogP contribution in [0.15, 0.2) is 24.3 Å². The summed E-state index contributed by atoms with van der Waals surface area (Å²) < 4.78 is 176. The monoisotopic (exact) mass is 910 g/mol. The van der Waals surface area contributed by atoms with Crippen molar-refractivity contribution in [1.82, 2.24) is 19.6 Å². The maximum atomic E-state index is 15.0. The summed E-state index contributed by atoms with van der Waals surface area (Å²) in [5, 5.41) is 4.00. The molecule has 0 fully saturated rings. The third kappa shape index (κ3) is 15.8. The van der Waals surface area contributed by atoms with Crippen molar-refractivity contribution in [3.05, 3.63) is 46.5 Å². The topological polar surface area (TPSA) is 60.6 Å². The highest BCUT2D eigenvalue weighted by atomic mass is 19.4. The van der Waals surface area contributed by atoms with Crippen LogP contribution in [0, 0.1) is 0 Å². The molecule has 0 heterocycles. The predicted molar refractivity (Wildman–Crippen MR) is 221 cm³/mol. The van der Waals surface area contributed by atoms with Gasteiger partial charge in [-0.15, -0.1) is 0 Å². The summed E-state index contributed by atoms with van der Waals surface area (Å²) >= 11 is 0. The number of benzene rings is 2. The number of nitrogens with zero attached hydrogens (tertiary/aromatic N) is 6. The minimum absolute atomic E-state index is 0.0790. The van der Waals surface area contributed by atoms with E-state index < -0.39 is 75.7 Å². The van der Waals surface area contributed by atoms with E-state index in [9.17, 15) is 57.5 Å². The van der Waals surface area contributed by atoms with Gasteiger partial charge in [0.05, 0.1) is 45.0 Å². The number of halogens is 12. The lowest BCUT2D eigenvalue weighted by molar-refractivity contribution is -0.144. The number of urea groups is 1. The number of carbonyl (C=O) groups is 1. The van der Waals surface area contributed by atoms with Gasteiger partial charge in [0.1, 0.15) is 0 Å². The Balaban J connectivity index is 3.02. The molecule has 356 valence electrons. The smallest absolute Gasteiger partial charge is 0.367 e. The van der Waals surface area contributed by atoms with Gasteiger partial charge in [0, 0.05) is 52.4 Å². The SMILES string of the molecule is CCN(CC)CCN(CCN(CC)CC)c1c(NC(=O)Nc2cc(C(F)(F)F)cc(C(F)(F)F)c2N(CCN(CC)CC)CCN(CC)CC)cc(C(F)(F)F)cc1C(F)(F)F. The number of anilines is 4. The summed E-state index contributed by atoms with van der Waals surface area (Å²) in [4.78, 5) is 23.8. The number of nitrogens with one attached hydrogen (secondary N) is 2. The molecule has 0 saturated heterocycles. The Kier molecular flexibility index (Phi) is 20.9. The van der Waals surface area contributed by atoms with Gasteiger partial charge >= 0.3 is 30.7 Å². The normalized spacial score (nSPS) is 12.9. The lowest BCUT2D eigenvalue weighted by atomic mass is 10.0. The zero-order chi connectivity index (χ0) is 47.2. The highest BCUT2D eigenvalue weighted by Gasteiger charge is 2.43. The molecule has 0 aliphatic rings. The zero-order valence-electron chi connectivity index (χ0n) is 36.8. The van der Waals surface area contributed by atoms with Crippen molar-refractivity contribution in [3.63, 3.8) is 0 Å². The van der Waals surface area contributed by atoms with E-state index in [1.54, 1.807) is 55.4 Å². The van der Waals surface area contributed by atoms with Crippen molar-refractivity contribution in [2.24, 2.45) is 0 Å². The molecule has 9 nitrogen and oxygen atoms in total. The summed E-state index contributed by atoms with van der Waals surface area (Å²) in [6, 6.07) is -1.27. The molecule has 2 amide bonds. The maximum absolute atomic E-state index is 15.0. The molecule has 0 aliphatic heterocycles. The number of carbonyl (C=O) groups excluding carboxylic acids is 1. The highest BCUT2D eigenvalue weighted by molar-refractivity contribution is 6.04. The number of hydrogen-bond donors (Lipinski definition) is 2. The largest absolute Gasteiger partial charge is 0.418 e. The molecule has 21 heteroatoms. The first-order valence-corrected chi connectivity index (χ1v) is 20.9. The van der Waals surface area contributed by atoms with Crippen LogP contribution in [0.5, 0.6) is 0 Å². The van der Waals surface area contributed by atoms with Gasteiger partial charge in [-0.05, 0) is 76.6 Å². The van der Waals surface area contributed by atoms with E-state index >= 15 is 0 Å². The van der Waals surface area contributed by atoms with E-state index in [1.165, 1.54) is 9.80 Å². The molecule has 0 radical (unpaired) electrons. The fourth-order valence-corrected chi connectivity index (χ4v) is 7.05. The number of amides is 2. The molecule has 2 N–H and O–H groups in total. The van der Waals surface area contributed by atoms with Gasteiger partial charge in [0.25, 0.3) is 0 Å². The average molecular weight is 911 g/mol. The first-order chi connectivity index (χ1) is 28.8. The molecular formula is C41H62F12N8O. The zero-order valence-corrected chi connectivity index (χ0v) is 36.8. The molecule has 0 spiro atoms. The number of hydrogen-bond acceptors (Lipinski definition) is 7. The van der Waals surface area contributed by atoms with Gasteiger partial charge in [-0.3, -0.25) is 0 Å². The van der Waals surface area contributed by atoms with Crippen molar-refractivity contribution < 1.29 is 57.5 Å². The molecule has 0 aliphatic carbocycles. The number of alkyl halides is 12. The second-order valence-corrected chi connectivity index (χ2v) is 14.5. The molecule has 0 bridgehead atoms. The van der Waals surface area contributed by atoms with Crippen LogP contribution in [-0.4, -0.2) is 130 Å². The lowest BCUT2D eigenvalue weighted by Gasteiger charge is -2.34. The first-order valence-electron chi connectivity index (χ1n) is 20.9. The van der Waals surface area contributed by atoms with E-state index in [0.29, 0.717) is 52.4 Å². The number of rotatable bonds is 24. The van der Waals surface area contributed by atoms with Gasteiger partial charge < -0.3 is 40.0 Å². The van der Waals surface area contributed by atoms with Crippen molar-refractivity contribution in [3.8, 4) is 0 Å². The Bertz CT molecular complexity index is 1520. The van der Waals surface area contributed by atoms with Crippen molar-refractivity contribution >= 4 is 28.8 Å². The third-order valence-corrected chi connectivity index (χ3v) is 10.9. The first kappa shape index (κ1) is 54.4. The van der Waals surface area contributed by atoms with E-state index in [2.05, 4.69) is 0 Å². The van der Waals surface area contributed by atoms with Gasteiger partial charge in [0.15, 0.2) is 0 Å². The van der Waals surface area contributed by atoms with Crippen LogP contribution >= 0.6 is 0 Å². The minimum atomic E-state index is -5.42. The second-order valence-electron chi connectivity index (χ2n) is 14.5. The van der Waals surface area contributed by atoms with E-state index in [1.807, 2.05) is 30.2 Å². The number of likely N-dealkylation sites (N-methyl/N-ethyl adjacent to an activating group) is 4. The molecule has 0 saturated carbocycles. The van der Waals surface area contributed by atoms with Gasteiger partial charge in [0.2, 0.25) is 0 Å². The van der Waals surface area contributed by atoms with Crippen LogP contribution in [-0.2, 0) is 24.7 Å².